The Morgan fingerprint density at radius 2 is 0.740 bits per heavy atom. The molecular formula is C68H127NO8. The summed E-state index contributed by atoms with van der Waals surface area (Å²) in [6.45, 7) is 3.78. The largest absolute Gasteiger partial charge is 0.394 e. The number of nitrogens with one attached hydrogen (secondary N) is 1. The summed E-state index contributed by atoms with van der Waals surface area (Å²) in [6, 6.07) is -0.828. The third-order valence-corrected chi connectivity index (χ3v) is 15.9. The first-order valence-corrected chi connectivity index (χ1v) is 33.4. The quantitative estimate of drug-likeness (QED) is 0.0261. The van der Waals surface area contributed by atoms with Crippen LogP contribution in [0.25, 0.3) is 0 Å². The number of rotatable bonds is 58. The minimum Gasteiger partial charge on any atom is -0.394 e. The summed E-state index contributed by atoms with van der Waals surface area (Å²) < 4.78 is 11.3. The average molecular weight is 1090 g/mol. The molecule has 7 unspecified atom stereocenters. The van der Waals surface area contributed by atoms with E-state index in [1.54, 1.807) is 6.08 Å². The first-order valence-electron chi connectivity index (χ1n) is 33.4. The minimum absolute atomic E-state index is 0.186. The molecule has 0 aromatic heterocycles. The molecule has 0 aromatic carbocycles. The maximum absolute atomic E-state index is 13.1. The highest BCUT2D eigenvalue weighted by Crippen LogP contribution is 2.23. The fourth-order valence-electron chi connectivity index (χ4n) is 10.6. The van der Waals surface area contributed by atoms with Crippen LogP contribution in [-0.2, 0) is 14.3 Å². The van der Waals surface area contributed by atoms with Crippen molar-refractivity contribution in [2.24, 2.45) is 0 Å². The standard InChI is InChI=1S/C68H127NO8/c1-3-5-7-9-11-13-15-17-19-21-22-23-24-25-26-27-28-29-30-31-32-33-34-35-36-37-38-39-40-42-44-46-48-50-52-54-56-58-64(72)69-61(60-76-68-67(75)66(74)65(73)63(59-70)77-68)62(71)57-55-53-51-49-47-45-43-41-20-18-16-14-12-10-8-6-4-2/h20-22,41,47,49,55,57,61-63,65-68,70-71,73-75H,3-19,23-40,42-46,48,50-54,56,58-60H2,1-2H3,(H,69,72)/b22-21-,41-20+,49-47+,57-55+. The van der Waals surface area contributed by atoms with Crippen LogP contribution in [0.5, 0.6) is 0 Å². The van der Waals surface area contributed by atoms with E-state index >= 15 is 0 Å². The number of hydrogen-bond acceptors (Lipinski definition) is 8. The second-order valence-corrected chi connectivity index (χ2v) is 23.2. The van der Waals surface area contributed by atoms with E-state index in [0.29, 0.717) is 6.42 Å². The highest BCUT2D eigenvalue weighted by Gasteiger charge is 2.44. The fraction of sp³-hybridized carbons (Fsp3) is 0.868. The molecule has 0 aromatic rings. The number of aliphatic hydroxyl groups excluding tert-OH is 5. The molecule has 1 rings (SSSR count). The van der Waals surface area contributed by atoms with E-state index in [-0.39, 0.29) is 12.5 Å². The Labute approximate surface area is 475 Å². The highest BCUT2D eigenvalue weighted by molar-refractivity contribution is 5.76. The fourth-order valence-corrected chi connectivity index (χ4v) is 10.6. The zero-order valence-corrected chi connectivity index (χ0v) is 50.5. The molecule has 9 heteroatoms. The van der Waals surface area contributed by atoms with Gasteiger partial charge in [-0.1, -0.05) is 294 Å². The van der Waals surface area contributed by atoms with Crippen LogP contribution >= 0.6 is 0 Å². The monoisotopic (exact) mass is 1090 g/mol. The van der Waals surface area contributed by atoms with Gasteiger partial charge in [-0.25, -0.2) is 0 Å². The number of allylic oxidation sites excluding steroid dienone is 7. The van der Waals surface area contributed by atoms with Gasteiger partial charge in [-0.05, 0) is 70.6 Å². The number of unbranched alkanes of at least 4 members (excludes halogenated alkanes) is 42. The predicted octanol–water partition coefficient (Wildman–Crippen LogP) is 17.6. The molecule has 1 aliphatic heterocycles. The summed E-state index contributed by atoms with van der Waals surface area (Å²) in [7, 11) is 0. The number of aliphatic hydroxyl groups is 5. The van der Waals surface area contributed by atoms with Crippen molar-refractivity contribution >= 4 is 5.91 Å². The molecule has 7 atom stereocenters. The van der Waals surface area contributed by atoms with Crippen LogP contribution in [0.4, 0.5) is 0 Å². The van der Waals surface area contributed by atoms with Crippen LogP contribution in [0.3, 0.4) is 0 Å². The minimum atomic E-state index is -1.57. The predicted molar refractivity (Wildman–Crippen MR) is 327 cm³/mol. The molecule has 1 fully saturated rings. The molecule has 1 saturated heterocycles. The van der Waals surface area contributed by atoms with Crippen LogP contribution in [0.2, 0.25) is 0 Å². The van der Waals surface area contributed by atoms with Gasteiger partial charge in [-0.3, -0.25) is 4.79 Å². The van der Waals surface area contributed by atoms with Crippen LogP contribution in [0.15, 0.2) is 48.6 Å². The summed E-state index contributed by atoms with van der Waals surface area (Å²) in [5.41, 5.74) is 0. The van der Waals surface area contributed by atoms with Gasteiger partial charge in [0.25, 0.3) is 0 Å². The third kappa shape index (κ3) is 46.5. The lowest BCUT2D eigenvalue weighted by Crippen LogP contribution is -2.60. The van der Waals surface area contributed by atoms with Crippen molar-refractivity contribution in [2.45, 2.75) is 365 Å². The number of amides is 1. The Kier molecular flexibility index (Phi) is 54.5. The lowest BCUT2D eigenvalue weighted by molar-refractivity contribution is -0.302. The molecule has 6 N–H and O–H groups in total. The molecule has 452 valence electrons. The summed E-state index contributed by atoms with van der Waals surface area (Å²) in [6.07, 6.45) is 70.8. The van der Waals surface area contributed by atoms with Gasteiger partial charge in [-0.15, -0.1) is 0 Å². The first-order chi connectivity index (χ1) is 37.8. The summed E-state index contributed by atoms with van der Waals surface area (Å²) in [5.74, 6) is -0.186. The van der Waals surface area contributed by atoms with Gasteiger partial charge in [0.2, 0.25) is 5.91 Å². The normalized spacial score (nSPS) is 19.0. The van der Waals surface area contributed by atoms with Crippen molar-refractivity contribution in [1.29, 1.82) is 0 Å². The van der Waals surface area contributed by atoms with E-state index in [9.17, 15) is 30.3 Å². The third-order valence-electron chi connectivity index (χ3n) is 15.9. The molecule has 0 saturated carbocycles. The zero-order chi connectivity index (χ0) is 55.8. The molecular weight excluding hydrogens is 959 g/mol. The summed E-state index contributed by atoms with van der Waals surface area (Å²) in [5, 5.41) is 54.5. The Morgan fingerprint density at radius 3 is 1.09 bits per heavy atom. The molecule has 9 nitrogen and oxygen atoms in total. The Hall–Kier alpha value is -1.85. The lowest BCUT2D eigenvalue weighted by Gasteiger charge is -2.40. The first kappa shape index (κ1) is 73.2. The molecule has 0 spiro atoms. The van der Waals surface area contributed by atoms with Gasteiger partial charge < -0.3 is 40.3 Å². The Morgan fingerprint density at radius 1 is 0.429 bits per heavy atom. The van der Waals surface area contributed by atoms with Crippen LogP contribution in [0, 0.1) is 0 Å². The van der Waals surface area contributed by atoms with Gasteiger partial charge in [0, 0.05) is 6.42 Å². The zero-order valence-electron chi connectivity index (χ0n) is 50.5. The van der Waals surface area contributed by atoms with Crippen molar-refractivity contribution in [3.63, 3.8) is 0 Å². The maximum Gasteiger partial charge on any atom is 0.220 e. The lowest BCUT2D eigenvalue weighted by atomic mass is 9.99. The van der Waals surface area contributed by atoms with E-state index in [4.69, 9.17) is 9.47 Å². The number of carbonyl (C=O) groups excluding carboxylic acids is 1. The SMILES string of the molecule is CCCCCCCCC/C=C/CC/C=C/CC/C=C/C(O)C(COC1OC(CO)C(O)C(O)C1O)NC(=O)CCCCCCCCCCCCCCCCCCCCCCCCCCC/C=C\CCCCCCCCCC. The molecule has 1 aliphatic rings. The topological polar surface area (TPSA) is 149 Å². The Balaban J connectivity index is 2.08. The van der Waals surface area contributed by atoms with E-state index in [0.717, 1.165) is 44.9 Å². The van der Waals surface area contributed by atoms with Crippen molar-refractivity contribution in [3.8, 4) is 0 Å². The number of ether oxygens (including phenoxy) is 2. The van der Waals surface area contributed by atoms with E-state index < -0.39 is 49.5 Å². The smallest absolute Gasteiger partial charge is 0.220 e. The molecule has 0 radical (unpaired) electrons. The number of carbonyl (C=O) groups is 1. The summed E-state index contributed by atoms with van der Waals surface area (Å²) in [4.78, 5) is 13.1. The molecule has 77 heavy (non-hydrogen) atoms. The average Bonchev–Trinajstić information content (AvgIpc) is 3.43. The second kappa shape index (κ2) is 57.4. The van der Waals surface area contributed by atoms with Gasteiger partial charge in [0.05, 0.1) is 25.4 Å². The van der Waals surface area contributed by atoms with Crippen molar-refractivity contribution < 1.29 is 39.8 Å². The van der Waals surface area contributed by atoms with Crippen LogP contribution in [0.1, 0.15) is 322 Å². The highest BCUT2D eigenvalue weighted by atomic mass is 16.7. The van der Waals surface area contributed by atoms with Crippen LogP contribution in [-0.4, -0.2) is 87.5 Å². The van der Waals surface area contributed by atoms with Crippen molar-refractivity contribution in [2.75, 3.05) is 13.2 Å². The molecule has 0 bridgehead atoms. The van der Waals surface area contributed by atoms with Crippen molar-refractivity contribution in [1.82, 2.24) is 5.32 Å². The number of hydrogen-bond donors (Lipinski definition) is 6. The van der Waals surface area contributed by atoms with Crippen molar-refractivity contribution in [3.05, 3.63) is 48.6 Å². The van der Waals surface area contributed by atoms with Gasteiger partial charge >= 0.3 is 0 Å². The summed E-state index contributed by atoms with van der Waals surface area (Å²) >= 11 is 0. The second-order valence-electron chi connectivity index (χ2n) is 23.2. The van der Waals surface area contributed by atoms with Gasteiger partial charge in [0.1, 0.15) is 24.4 Å². The Bertz CT molecular complexity index is 1350. The maximum atomic E-state index is 13.1. The molecule has 1 heterocycles. The van der Waals surface area contributed by atoms with Gasteiger partial charge in [0.15, 0.2) is 6.29 Å². The molecule has 1 amide bonds. The van der Waals surface area contributed by atoms with E-state index in [1.807, 2.05) is 6.08 Å². The molecule has 0 aliphatic carbocycles. The van der Waals surface area contributed by atoms with E-state index in [2.05, 4.69) is 55.6 Å². The van der Waals surface area contributed by atoms with E-state index in [1.165, 1.54) is 257 Å². The van der Waals surface area contributed by atoms with Gasteiger partial charge in [-0.2, -0.15) is 0 Å². The van der Waals surface area contributed by atoms with Crippen LogP contribution < -0.4 is 5.32 Å².